The summed E-state index contributed by atoms with van der Waals surface area (Å²) in [7, 11) is 0. The van der Waals surface area contributed by atoms with Gasteiger partial charge in [-0.1, -0.05) is 27.7 Å². The Hall–Kier alpha value is -1.72. The first-order chi connectivity index (χ1) is 8.51. The largest absolute Gasteiger partial charge is 0.573 e. The normalized spacial score (nSPS) is 9.94. The number of ether oxygens (including phenoxy) is 1. The minimum Gasteiger partial charge on any atom is -0.406 e. The summed E-state index contributed by atoms with van der Waals surface area (Å²) in [5.41, 5.74) is 0.599. The number of nitrogens with two attached hydrogens (primary N) is 1. The van der Waals surface area contributed by atoms with Gasteiger partial charge in [0.05, 0.1) is 6.21 Å². The van der Waals surface area contributed by atoms with E-state index >= 15 is 0 Å². The van der Waals surface area contributed by atoms with E-state index in [-0.39, 0.29) is 5.75 Å². The Balaban J connectivity index is 0. The summed E-state index contributed by atoms with van der Waals surface area (Å²) in [6, 6.07) is 5.20. The summed E-state index contributed by atoms with van der Waals surface area (Å²) in [5, 5.41) is 3.22. The molecule has 0 fully saturated rings. The maximum absolute atomic E-state index is 11.7. The van der Waals surface area contributed by atoms with Crippen molar-refractivity contribution in [1.29, 1.82) is 0 Å². The van der Waals surface area contributed by atoms with E-state index < -0.39 is 6.36 Å². The van der Waals surface area contributed by atoms with Crippen molar-refractivity contribution in [1.82, 2.24) is 0 Å². The van der Waals surface area contributed by atoms with Gasteiger partial charge in [0.15, 0.2) is 0 Å². The lowest BCUT2D eigenvalue weighted by molar-refractivity contribution is -0.274. The fourth-order valence-corrected chi connectivity index (χ4v) is 0.842. The fraction of sp³-hybridized carbons (Fsp3) is 0.417. The molecule has 0 unspecified atom stereocenters. The summed E-state index contributed by atoms with van der Waals surface area (Å²) in [4.78, 5) is 0. The van der Waals surface area contributed by atoms with Gasteiger partial charge < -0.3 is 10.6 Å². The van der Waals surface area contributed by atoms with Gasteiger partial charge in [0.1, 0.15) is 5.75 Å². The number of alkyl halides is 3. The van der Waals surface area contributed by atoms with Crippen LogP contribution in [0.15, 0.2) is 29.4 Å². The van der Waals surface area contributed by atoms with Gasteiger partial charge in [0.2, 0.25) is 0 Å². The summed E-state index contributed by atoms with van der Waals surface area (Å²) >= 11 is 0. The second-order valence-corrected chi connectivity index (χ2v) is 2.40. The first kappa shape index (κ1) is 18.6. The van der Waals surface area contributed by atoms with Crippen molar-refractivity contribution >= 4 is 6.21 Å². The number of hydrogen-bond donors (Lipinski definition) is 1. The van der Waals surface area contributed by atoms with Gasteiger partial charge in [-0.05, 0) is 29.8 Å². The molecular formula is C12H19F3N2O. The molecule has 1 rings (SSSR count). The number of nitrogens with zero attached hydrogens (tertiary/aromatic N) is 1. The molecule has 0 bridgehead atoms. The average Bonchev–Trinajstić information content (AvgIpc) is 2.35. The highest BCUT2D eigenvalue weighted by Crippen LogP contribution is 2.22. The average molecular weight is 264 g/mol. The zero-order chi connectivity index (χ0) is 14.6. The zero-order valence-electron chi connectivity index (χ0n) is 11.0. The first-order valence-electron chi connectivity index (χ1n) is 5.60. The van der Waals surface area contributed by atoms with Crippen molar-refractivity contribution in [2.75, 3.05) is 0 Å². The minimum absolute atomic E-state index is 0.272. The van der Waals surface area contributed by atoms with Crippen molar-refractivity contribution < 1.29 is 17.9 Å². The Kier molecular flexibility index (Phi) is 10.8. The third-order valence-electron chi connectivity index (χ3n) is 1.34. The molecule has 0 atom stereocenters. The van der Waals surface area contributed by atoms with E-state index in [1.165, 1.54) is 30.5 Å². The number of halogens is 3. The van der Waals surface area contributed by atoms with Gasteiger partial charge in [-0.3, -0.25) is 0 Å². The van der Waals surface area contributed by atoms with E-state index in [9.17, 15) is 13.2 Å². The van der Waals surface area contributed by atoms with E-state index in [1.54, 1.807) is 0 Å². The summed E-state index contributed by atoms with van der Waals surface area (Å²) in [6.45, 7) is 8.00. The molecule has 1 aromatic rings. The molecule has 6 heteroatoms. The fourth-order valence-electron chi connectivity index (χ4n) is 0.842. The second-order valence-electron chi connectivity index (χ2n) is 2.40. The standard InChI is InChI=1S/C8H7F3N2O.2C2H6/c9-8(10,11)14-7-3-1-6(2-4-7)5-13-12;2*1-2/h1-5H,12H2;2*1-2H3/b13-5+;;. The highest BCUT2D eigenvalue weighted by atomic mass is 19.4. The molecule has 0 aromatic heterocycles. The van der Waals surface area contributed by atoms with Crippen LogP contribution in [0, 0.1) is 0 Å². The maximum atomic E-state index is 11.7. The molecular weight excluding hydrogens is 245 g/mol. The number of benzene rings is 1. The molecule has 104 valence electrons. The van der Waals surface area contributed by atoms with Crippen LogP contribution in [0.1, 0.15) is 33.3 Å². The van der Waals surface area contributed by atoms with Crippen LogP contribution in [0.25, 0.3) is 0 Å². The molecule has 0 radical (unpaired) electrons. The topological polar surface area (TPSA) is 47.6 Å². The molecule has 0 aliphatic carbocycles. The molecule has 0 saturated carbocycles. The lowest BCUT2D eigenvalue weighted by Crippen LogP contribution is -2.17. The summed E-state index contributed by atoms with van der Waals surface area (Å²) in [6.07, 6.45) is -3.35. The van der Waals surface area contributed by atoms with Crippen LogP contribution in [0.5, 0.6) is 5.75 Å². The minimum atomic E-state index is -4.66. The quantitative estimate of drug-likeness (QED) is 0.500. The monoisotopic (exact) mass is 264 g/mol. The molecule has 0 amide bonds. The molecule has 2 N–H and O–H groups in total. The van der Waals surface area contributed by atoms with E-state index in [0.29, 0.717) is 5.56 Å². The zero-order valence-corrected chi connectivity index (χ0v) is 11.0. The van der Waals surface area contributed by atoms with Crippen LogP contribution in [0.3, 0.4) is 0 Å². The maximum Gasteiger partial charge on any atom is 0.573 e. The molecule has 1 aromatic carbocycles. The molecule has 18 heavy (non-hydrogen) atoms. The predicted octanol–water partition coefficient (Wildman–Crippen LogP) is 3.93. The summed E-state index contributed by atoms with van der Waals surface area (Å²) in [5.74, 6) is 4.59. The smallest absolute Gasteiger partial charge is 0.406 e. The lowest BCUT2D eigenvalue weighted by Gasteiger charge is -2.08. The van der Waals surface area contributed by atoms with E-state index in [0.717, 1.165) is 0 Å². The van der Waals surface area contributed by atoms with Gasteiger partial charge in [-0.2, -0.15) is 5.10 Å². The number of hydrogen-bond acceptors (Lipinski definition) is 3. The molecule has 0 saturated heterocycles. The predicted molar refractivity (Wildman–Crippen MR) is 67.6 cm³/mol. The highest BCUT2D eigenvalue weighted by Gasteiger charge is 2.30. The third kappa shape index (κ3) is 9.50. The molecule has 0 aliphatic rings. The Morgan fingerprint density at radius 3 is 1.83 bits per heavy atom. The van der Waals surface area contributed by atoms with Crippen LogP contribution in [0.4, 0.5) is 13.2 Å². The molecule has 3 nitrogen and oxygen atoms in total. The van der Waals surface area contributed by atoms with Crippen molar-refractivity contribution in [2.45, 2.75) is 34.1 Å². The summed E-state index contributed by atoms with van der Waals surface area (Å²) < 4.78 is 38.8. The third-order valence-corrected chi connectivity index (χ3v) is 1.34. The number of rotatable bonds is 2. The van der Waals surface area contributed by atoms with Gasteiger partial charge >= 0.3 is 6.36 Å². The Morgan fingerprint density at radius 1 is 1.06 bits per heavy atom. The number of hydrazone groups is 1. The van der Waals surface area contributed by atoms with Crippen LogP contribution in [-0.4, -0.2) is 12.6 Å². The van der Waals surface area contributed by atoms with Gasteiger partial charge in [-0.15, -0.1) is 13.2 Å². The second kappa shape index (κ2) is 10.4. The van der Waals surface area contributed by atoms with Crippen molar-refractivity contribution in [3.63, 3.8) is 0 Å². The van der Waals surface area contributed by atoms with Crippen molar-refractivity contribution in [2.24, 2.45) is 10.9 Å². The molecule has 0 spiro atoms. The van der Waals surface area contributed by atoms with E-state index in [2.05, 4.69) is 9.84 Å². The Morgan fingerprint density at radius 2 is 1.50 bits per heavy atom. The highest BCUT2D eigenvalue weighted by molar-refractivity contribution is 5.79. The van der Waals surface area contributed by atoms with E-state index in [4.69, 9.17) is 5.84 Å². The van der Waals surface area contributed by atoms with Crippen molar-refractivity contribution in [3.8, 4) is 5.75 Å². The Labute approximate surface area is 105 Å². The molecule has 0 heterocycles. The van der Waals surface area contributed by atoms with Crippen LogP contribution >= 0.6 is 0 Å². The van der Waals surface area contributed by atoms with Gasteiger partial charge in [0.25, 0.3) is 0 Å². The van der Waals surface area contributed by atoms with Crippen LogP contribution in [-0.2, 0) is 0 Å². The van der Waals surface area contributed by atoms with Crippen molar-refractivity contribution in [3.05, 3.63) is 29.8 Å². The first-order valence-corrected chi connectivity index (χ1v) is 5.60. The van der Waals surface area contributed by atoms with Crippen LogP contribution < -0.4 is 10.6 Å². The Bertz CT molecular complexity index is 321. The van der Waals surface area contributed by atoms with Gasteiger partial charge in [-0.25, -0.2) is 0 Å². The lowest BCUT2D eigenvalue weighted by atomic mass is 10.2. The molecule has 0 aliphatic heterocycles. The van der Waals surface area contributed by atoms with Crippen LogP contribution in [0.2, 0.25) is 0 Å². The van der Waals surface area contributed by atoms with E-state index in [1.807, 2.05) is 27.7 Å². The SMILES string of the molecule is CC.CC.N/N=C/c1ccc(OC(F)(F)F)cc1. The van der Waals surface area contributed by atoms with Gasteiger partial charge in [0, 0.05) is 0 Å².